The average molecular weight is 320 g/mol. The van der Waals surface area contributed by atoms with Crippen molar-refractivity contribution in [1.29, 1.82) is 0 Å². The summed E-state index contributed by atoms with van der Waals surface area (Å²) < 4.78 is 5.04. The van der Waals surface area contributed by atoms with Crippen LogP contribution >= 0.6 is 11.3 Å². The van der Waals surface area contributed by atoms with Crippen LogP contribution in [0.4, 0.5) is 10.5 Å². The van der Waals surface area contributed by atoms with Gasteiger partial charge in [0.1, 0.15) is 0 Å². The number of amides is 2. The lowest BCUT2D eigenvalue weighted by molar-refractivity contribution is 0.0528. The molecule has 7 heteroatoms. The Kier molecular flexibility index (Phi) is 5.51. The van der Waals surface area contributed by atoms with Crippen molar-refractivity contribution in [3.8, 4) is 10.4 Å². The number of carbonyl (C=O) groups is 2. The molecule has 1 aromatic carbocycles. The van der Waals surface area contributed by atoms with E-state index in [1.807, 2.05) is 17.5 Å². The zero-order valence-electron chi connectivity index (χ0n) is 12.2. The minimum absolute atomic E-state index is 0.333. The summed E-state index contributed by atoms with van der Waals surface area (Å²) in [6.45, 7) is 2.11. The minimum atomic E-state index is -0.460. The first-order valence-corrected chi connectivity index (χ1v) is 7.48. The minimum Gasteiger partial charge on any atom is -0.462 e. The first kappa shape index (κ1) is 16.0. The number of hydrogen-bond acceptors (Lipinski definition) is 5. The van der Waals surface area contributed by atoms with Crippen LogP contribution in [0, 0.1) is 0 Å². The van der Waals surface area contributed by atoms with Crippen molar-refractivity contribution in [2.24, 2.45) is 0 Å². The van der Waals surface area contributed by atoms with Crippen molar-refractivity contribution in [3.63, 3.8) is 0 Å². The molecule has 0 aliphatic heterocycles. The van der Waals surface area contributed by atoms with Crippen LogP contribution in [0.2, 0.25) is 0 Å². The molecule has 2 rings (SSSR count). The van der Waals surface area contributed by atoms with Crippen LogP contribution in [-0.4, -0.2) is 25.7 Å². The predicted octanol–water partition coefficient (Wildman–Crippen LogP) is 3.27. The van der Waals surface area contributed by atoms with Crippen LogP contribution in [0.1, 0.15) is 17.3 Å². The zero-order valence-corrected chi connectivity index (χ0v) is 13.0. The molecule has 0 unspecified atom stereocenters. The monoisotopic (exact) mass is 320 g/mol. The maximum absolute atomic E-state index is 11.9. The molecular weight excluding hydrogens is 304 g/mol. The Bertz CT molecular complexity index is 652. The number of nitrogens with one attached hydrogen (secondary N) is 2. The molecule has 0 atom stereocenters. The molecule has 0 radical (unpaired) electrons. The molecule has 0 aliphatic carbocycles. The number of benzene rings is 1. The van der Waals surface area contributed by atoms with E-state index >= 15 is 0 Å². The quantitative estimate of drug-likeness (QED) is 0.655. The van der Waals surface area contributed by atoms with Gasteiger partial charge in [0.25, 0.3) is 0 Å². The highest BCUT2D eigenvalue weighted by Gasteiger charge is 2.15. The van der Waals surface area contributed by atoms with E-state index < -0.39 is 6.03 Å². The Morgan fingerprint density at radius 1 is 1.18 bits per heavy atom. The number of ether oxygens (including phenoxy) is 1. The first-order valence-electron chi connectivity index (χ1n) is 6.60. The van der Waals surface area contributed by atoms with Crippen LogP contribution < -0.4 is 10.8 Å². The summed E-state index contributed by atoms with van der Waals surface area (Å²) in [5.41, 5.74) is 4.21. The Morgan fingerprint density at radius 2 is 1.91 bits per heavy atom. The van der Waals surface area contributed by atoms with E-state index in [2.05, 4.69) is 15.6 Å². The molecule has 2 amide bonds. The van der Waals surface area contributed by atoms with E-state index in [9.17, 15) is 9.59 Å². The molecule has 0 bridgehead atoms. The molecule has 0 aliphatic rings. The van der Waals surface area contributed by atoms with Crippen molar-refractivity contribution >= 4 is 29.0 Å². The second-order valence-electron chi connectivity index (χ2n) is 4.22. The molecule has 0 saturated heterocycles. The molecule has 0 spiro atoms. The molecule has 6 nitrogen and oxygen atoms in total. The van der Waals surface area contributed by atoms with Crippen molar-refractivity contribution < 1.29 is 19.2 Å². The fourth-order valence-corrected chi connectivity index (χ4v) is 2.75. The molecular formula is C15H16N2O4S. The second kappa shape index (κ2) is 7.58. The lowest BCUT2D eigenvalue weighted by Gasteiger charge is -2.07. The summed E-state index contributed by atoms with van der Waals surface area (Å²) >= 11 is 1.46. The number of esters is 1. The van der Waals surface area contributed by atoms with Gasteiger partial charge in [-0.3, -0.25) is 4.84 Å². The zero-order chi connectivity index (χ0) is 15.9. The molecule has 2 aromatic rings. The van der Waals surface area contributed by atoms with Gasteiger partial charge in [-0.2, -0.15) is 0 Å². The second-order valence-corrected chi connectivity index (χ2v) is 5.14. The summed E-state index contributed by atoms with van der Waals surface area (Å²) in [5.74, 6) is -0.333. The summed E-state index contributed by atoms with van der Waals surface area (Å²) in [4.78, 5) is 28.6. The number of anilines is 1. The normalized spacial score (nSPS) is 10.1. The van der Waals surface area contributed by atoms with E-state index in [1.165, 1.54) is 18.4 Å². The van der Waals surface area contributed by atoms with E-state index in [0.29, 0.717) is 17.9 Å². The maximum atomic E-state index is 11.9. The van der Waals surface area contributed by atoms with Crippen LogP contribution in [0.3, 0.4) is 0 Å². The van der Waals surface area contributed by atoms with Gasteiger partial charge in [-0.1, -0.05) is 12.1 Å². The van der Waals surface area contributed by atoms with Crippen molar-refractivity contribution in [2.75, 3.05) is 19.0 Å². The van der Waals surface area contributed by atoms with Crippen molar-refractivity contribution in [2.45, 2.75) is 6.92 Å². The molecule has 0 fully saturated rings. The topological polar surface area (TPSA) is 76.7 Å². The first-order chi connectivity index (χ1) is 10.7. The maximum Gasteiger partial charge on any atom is 0.343 e. The summed E-state index contributed by atoms with van der Waals surface area (Å²) in [6.07, 6.45) is 0. The fraction of sp³-hybridized carbons (Fsp3) is 0.200. The van der Waals surface area contributed by atoms with E-state index in [1.54, 1.807) is 25.1 Å². The summed E-state index contributed by atoms with van der Waals surface area (Å²) in [6, 6.07) is 8.45. The Morgan fingerprint density at radius 3 is 2.55 bits per heavy atom. The lowest BCUT2D eigenvalue weighted by atomic mass is 10.1. The number of rotatable bonds is 5. The van der Waals surface area contributed by atoms with Crippen LogP contribution in [0.15, 0.2) is 35.7 Å². The smallest absolute Gasteiger partial charge is 0.343 e. The molecule has 1 heterocycles. The number of hydrogen-bond donors (Lipinski definition) is 2. The van der Waals surface area contributed by atoms with Gasteiger partial charge < -0.3 is 10.1 Å². The van der Waals surface area contributed by atoms with Crippen LogP contribution in [0.5, 0.6) is 0 Å². The standard InChI is InChI=1S/C15H16N2O4S/c1-3-21-14(18)12-8-9-22-13(12)10-4-6-11(7-5-10)16-15(19)17-20-2/h4-9H,3H2,1-2H3,(H2,16,17,19). The average Bonchev–Trinajstić information content (AvgIpc) is 2.98. The molecule has 1 aromatic heterocycles. The number of urea groups is 1. The summed E-state index contributed by atoms with van der Waals surface area (Å²) in [7, 11) is 1.36. The molecule has 116 valence electrons. The van der Waals surface area contributed by atoms with E-state index in [0.717, 1.165) is 10.4 Å². The van der Waals surface area contributed by atoms with Gasteiger partial charge in [-0.25, -0.2) is 15.1 Å². The Labute approximate surface area is 132 Å². The molecule has 22 heavy (non-hydrogen) atoms. The third kappa shape index (κ3) is 3.84. The fourth-order valence-electron chi connectivity index (χ4n) is 1.86. The third-order valence-corrected chi connectivity index (χ3v) is 3.72. The van der Waals surface area contributed by atoms with Gasteiger partial charge >= 0.3 is 12.0 Å². The van der Waals surface area contributed by atoms with Gasteiger partial charge in [-0.05, 0) is 36.1 Å². The van der Waals surface area contributed by atoms with Gasteiger partial charge in [0.05, 0.1) is 19.3 Å². The van der Waals surface area contributed by atoms with Crippen molar-refractivity contribution in [1.82, 2.24) is 5.48 Å². The van der Waals surface area contributed by atoms with Gasteiger partial charge in [0.15, 0.2) is 0 Å². The Hall–Kier alpha value is -2.38. The highest BCUT2D eigenvalue weighted by molar-refractivity contribution is 7.14. The van der Waals surface area contributed by atoms with Gasteiger partial charge in [-0.15, -0.1) is 11.3 Å². The SMILES string of the molecule is CCOC(=O)c1ccsc1-c1ccc(NC(=O)NOC)cc1. The number of thiophene rings is 1. The molecule has 0 saturated carbocycles. The number of hydroxylamine groups is 1. The van der Waals surface area contributed by atoms with Crippen LogP contribution in [-0.2, 0) is 9.57 Å². The lowest BCUT2D eigenvalue weighted by Crippen LogP contribution is -2.27. The van der Waals surface area contributed by atoms with Gasteiger partial charge in [0.2, 0.25) is 0 Å². The van der Waals surface area contributed by atoms with Crippen LogP contribution in [0.25, 0.3) is 10.4 Å². The predicted molar refractivity (Wildman–Crippen MR) is 84.9 cm³/mol. The third-order valence-electron chi connectivity index (χ3n) is 2.76. The van der Waals surface area contributed by atoms with E-state index in [4.69, 9.17) is 4.74 Å². The highest BCUT2D eigenvalue weighted by atomic mass is 32.1. The van der Waals surface area contributed by atoms with E-state index in [-0.39, 0.29) is 5.97 Å². The number of carbonyl (C=O) groups excluding carboxylic acids is 2. The summed E-state index contributed by atoms with van der Waals surface area (Å²) in [5, 5.41) is 4.46. The highest BCUT2D eigenvalue weighted by Crippen LogP contribution is 2.31. The van der Waals surface area contributed by atoms with Crippen molar-refractivity contribution in [3.05, 3.63) is 41.3 Å². The Balaban J connectivity index is 2.16. The molecule has 2 N–H and O–H groups in total. The van der Waals surface area contributed by atoms with Gasteiger partial charge in [0, 0.05) is 10.6 Å². The largest absolute Gasteiger partial charge is 0.462 e.